The van der Waals surface area contributed by atoms with Gasteiger partial charge in [0.15, 0.2) is 0 Å². The standard InChI is InChI=1S/C19H39NS/c1-3-4-5-6-7-8-9-10-11-12-13-14-15-16-17-18-19(20)21-2/h20H,3-18H2,1-2H3. The Hall–Kier alpha value is 0.0200. The number of hydrogen-bond donors (Lipinski definition) is 1. The van der Waals surface area contributed by atoms with Crippen molar-refractivity contribution in [2.75, 3.05) is 6.26 Å². The van der Waals surface area contributed by atoms with Crippen LogP contribution in [0.5, 0.6) is 0 Å². The highest BCUT2D eigenvalue weighted by Crippen LogP contribution is 2.14. The van der Waals surface area contributed by atoms with E-state index in [1.807, 2.05) is 6.26 Å². The van der Waals surface area contributed by atoms with Crippen LogP contribution in [0.4, 0.5) is 0 Å². The molecule has 0 unspecified atom stereocenters. The third kappa shape index (κ3) is 18.0. The summed E-state index contributed by atoms with van der Waals surface area (Å²) in [5.41, 5.74) is 0. The zero-order chi connectivity index (χ0) is 15.6. The number of thioether (sulfide) groups is 1. The lowest BCUT2D eigenvalue weighted by Crippen LogP contribution is -1.89. The Bertz CT molecular complexity index is 216. The molecule has 0 heterocycles. The van der Waals surface area contributed by atoms with Crippen molar-refractivity contribution >= 4 is 16.8 Å². The van der Waals surface area contributed by atoms with Gasteiger partial charge in [0.05, 0.1) is 5.04 Å². The van der Waals surface area contributed by atoms with E-state index >= 15 is 0 Å². The van der Waals surface area contributed by atoms with Gasteiger partial charge in [0.1, 0.15) is 0 Å². The normalized spacial score (nSPS) is 11.0. The molecule has 0 bridgehead atoms. The lowest BCUT2D eigenvalue weighted by molar-refractivity contribution is 0.533. The number of rotatable bonds is 16. The predicted octanol–water partition coefficient (Wildman–Crippen LogP) is 7.59. The van der Waals surface area contributed by atoms with Gasteiger partial charge in [-0.25, -0.2) is 0 Å². The molecule has 0 fully saturated rings. The molecule has 0 aromatic heterocycles. The minimum atomic E-state index is 0.852. The first-order chi connectivity index (χ1) is 10.3. The van der Waals surface area contributed by atoms with E-state index in [1.165, 1.54) is 96.3 Å². The summed E-state index contributed by atoms with van der Waals surface area (Å²) in [6.45, 7) is 2.29. The molecule has 0 aromatic carbocycles. The van der Waals surface area contributed by atoms with Crippen molar-refractivity contribution in [1.29, 1.82) is 5.41 Å². The van der Waals surface area contributed by atoms with Crippen LogP contribution in [0, 0.1) is 5.41 Å². The van der Waals surface area contributed by atoms with Gasteiger partial charge in [-0.2, -0.15) is 0 Å². The fourth-order valence-corrected chi connectivity index (χ4v) is 3.11. The lowest BCUT2D eigenvalue weighted by Gasteiger charge is -2.03. The van der Waals surface area contributed by atoms with Crippen LogP contribution < -0.4 is 0 Å². The third-order valence-corrected chi connectivity index (χ3v) is 4.95. The van der Waals surface area contributed by atoms with E-state index in [0.29, 0.717) is 0 Å². The van der Waals surface area contributed by atoms with Gasteiger partial charge < -0.3 is 0 Å². The molecule has 0 aliphatic heterocycles. The molecule has 0 saturated heterocycles. The Morgan fingerprint density at radius 1 is 0.619 bits per heavy atom. The van der Waals surface area contributed by atoms with Crippen LogP contribution in [0.2, 0.25) is 0 Å². The maximum Gasteiger partial charge on any atom is 0.0638 e. The zero-order valence-electron chi connectivity index (χ0n) is 14.7. The van der Waals surface area contributed by atoms with Gasteiger partial charge in [-0.15, -0.1) is 11.8 Å². The largest absolute Gasteiger partial charge is 0.298 e. The van der Waals surface area contributed by atoms with E-state index in [0.717, 1.165) is 11.5 Å². The van der Waals surface area contributed by atoms with E-state index < -0.39 is 0 Å². The highest BCUT2D eigenvalue weighted by molar-refractivity contribution is 8.13. The lowest BCUT2D eigenvalue weighted by atomic mass is 10.0. The minimum Gasteiger partial charge on any atom is -0.298 e. The van der Waals surface area contributed by atoms with E-state index in [-0.39, 0.29) is 0 Å². The molecule has 0 amide bonds. The summed E-state index contributed by atoms with van der Waals surface area (Å²) in [6.07, 6.45) is 24.2. The van der Waals surface area contributed by atoms with Gasteiger partial charge in [0.2, 0.25) is 0 Å². The van der Waals surface area contributed by atoms with Crippen LogP contribution in [0.3, 0.4) is 0 Å². The monoisotopic (exact) mass is 313 g/mol. The smallest absolute Gasteiger partial charge is 0.0638 e. The SMILES string of the molecule is CCCCCCCCCCCCCCCCCC(=N)SC. The van der Waals surface area contributed by atoms with Crippen LogP contribution in [0.25, 0.3) is 0 Å². The Kier molecular flexibility index (Phi) is 18.1. The van der Waals surface area contributed by atoms with Crippen molar-refractivity contribution in [3.8, 4) is 0 Å². The van der Waals surface area contributed by atoms with E-state index in [2.05, 4.69) is 6.92 Å². The van der Waals surface area contributed by atoms with Crippen LogP contribution in [-0.4, -0.2) is 11.3 Å². The van der Waals surface area contributed by atoms with Gasteiger partial charge in [-0.3, -0.25) is 5.41 Å². The second-order valence-corrected chi connectivity index (χ2v) is 7.23. The van der Waals surface area contributed by atoms with Crippen LogP contribution in [0.1, 0.15) is 110 Å². The summed E-state index contributed by atoms with van der Waals surface area (Å²) in [6, 6.07) is 0. The molecule has 0 radical (unpaired) electrons. The first kappa shape index (κ1) is 21.0. The molecule has 0 aliphatic carbocycles. The maximum absolute atomic E-state index is 7.57. The van der Waals surface area contributed by atoms with Gasteiger partial charge in [0, 0.05) is 0 Å². The topological polar surface area (TPSA) is 23.9 Å². The Morgan fingerprint density at radius 2 is 0.952 bits per heavy atom. The van der Waals surface area contributed by atoms with Crippen molar-refractivity contribution in [1.82, 2.24) is 0 Å². The fourth-order valence-electron chi connectivity index (χ4n) is 2.76. The first-order valence-corrected chi connectivity index (χ1v) is 10.6. The molecule has 0 aliphatic rings. The van der Waals surface area contributed by atoms with Gasteiger partial charge in [-0.05, 0) is 19.1 Å². The highest BCUT2D eigenvalue weighted by Gasteiger charge is 1.96. The number of unbranched alkanes of at least 4 members (excludes halogenated alkanes) is 14. The molecule has 1 nitrogen and oxygen atoms in total. The summed E-state index contributed by atoms with van der Waals surface area (Å²) in [5, 5.41) is 8.43. The second kappa shape index (κ2) is 18.1. The van der Waals surface area contributed by atoms with Gasteiger partial charge >= 0.3 is 0 Å². The summed E-state index contributed by atoms with van der Waals surface area (Å²) >= 11 is 1.59. The molecule has 0 atom stereocenters. The van der Waals surface area contributed by atoms with Crippen LogP contribution in [-0.2, 0) is 0 Å². The van der Waals surface area contributed by atoms with Crippen LogP contribution in [0.15, 0.2) is 0 Å². The number of hydrogen-bond acceptors (Lipinski definition) is 2. The minimum absolute atomic E-state index is 0.852. The molecule has 0 spiro atoms. The summed E-state index contributed by atoms with van der Waals surface area (Å²) in [7, 11) is 0. The average Bonchev–Trinajstić information content (AvgIpc) is 2.50. The average molecular weight is 314 g/mol. The Morgan fingerprint density at radius 3 is 1.29 bits per heavy atom. The molecule has 0 rings (SSSR count). The van der Waals surface area contributed by atoms with Crippen molar-refractivity contribution < 1.29 is 0 Å². The molecule has 126 valence electrons. The Labute approximate surface area is 138 Å². The molecule has 2 heteroatoms. The van der Waals surface area contributed by atoms with E-state index in [1.54, 1.807) is 11.8 Å². The zero-order valence-corrected chi connectivity index (χ0v) is 15.5. The third-order valence-electron chi connectivity index (χ3n) is 4.25. The van der Waals surface area contributed by atoms with Crippen LogP contribution >= 0.6 is 11.8 Å². The molecule has 0 saturated carbocycles. The molecular formula is C19H39NS. The highest BCUT2D eigenvalue weighted by atomic mass is 32.2. The van der Waals surface area contributed by atoms with E-state index in [4.69, 9.17) is 5.41 Å². The first-order valence-electron chi connectivity index (χ1n) is 9.42. The summed E-state index contributed by atoms with van der Waals surface area (Å²) < 4.78 is 0. The molecule has 0 aromatic rings. The molecule has 21 heavy (non-hydrogen) atoms. The number of nitrogens with one attached hydrogen (secondary N) is 1. The molecule has 1 N–H and O–H groups in total. The van der Waals surface area contributed by atoms with Crippen molar-refractivity contribution in [3.05, 3.63) is 0 Å². The van der Waals surface area contributed by atoms with Crippen molar-refractivity contribution in [2.45, 2.75) is 110 Å². The second-order valence-electron chi connectivity index (χ2n) is 6.33. The van der Waals surface area contributed by atoms with E-state index in [9.17, 15) is 0 Å². The quantitative estimate of drug-likeness (QED) is 0.177. The summed E-state index contributed by atoms with van der Waals surface area (Å²) in [4.78, 5) is 0. The van der Waals surface area contributed by atoms with Crippen molar-refractivity contribution in [2.24, 2.45) is 0 Å². The summed E-state index contributed by atoms with van der Waals surface area (Å²) in [5.74, 6) is 0. The molecular weight excluding hydrogens is 274 g/mol. The maximum atomic E-state index is 7.57. The Balaban J connectivity index is 2.98. The van der Waals surface area contributed by atoms with Gasteiger partial charge in [-0.1, -0.05) is 96.8 Å². The fraction of sp³-hybridized carbons (Fsp3) is 0.947. The predicted molar refractivity (Wildman–Crippen MR) is 101 cm³/mol. The van der Waals surface area contributed by atoms with Gasteiger partial charge in [0.25, 0.3) is 0 Å². The van der Waals surface area contributed by atoms with Crippen molar-refractivity contribution in [3.63, 3.8) is 0 Å².